The number of hydrogen-bond acceptors (Lipinski definition) is 2. The third-order valence-corrected chi connectivity index (χ3v) is 5.06. The highest BCUT2D eigenvalue weighted by Crippen LogP contribution is 2.54. The number of ether oxygens (including phenoxy) is 1. The molecule has 0 spiro atoms. The smallest absolute Gasteiger partial charge is 0.143 e. The van der Waals surface area contributed by atoms with Crippen LogP contribution >= 0.6 is 11.6 Å². The molecular formula is C18H18ClNO. The van der Waals surface area contributed by atoms with Crippen LogP contribution in [0.3, 0.4) is 0 Å². The Hall–Kier alpha value is -1.51. The topological polar surface area (TPSA) is 12.5 Å². The third-order valence-electron chi connectivity index (χ3n) is 4.82. The number of likely N-dealkylation sites (N-methyl/N-ethyl adjacent to an activating group) is 1. The molecule has 3 heteroatoms. The Labute approximate surface area is 130 Å². The number of rotatable bonds is 1. The average Bonchev–Trinajstić information content (AvgIpc) is 2.82. The highest BCUT2D eigenvalue weighted by Gasteiger charge is 2.51. The summed E-state index contributed by atoms with van der Waals surface area (Å²) in [6, 6.07) is 16.6. The molecule has 0 saturated carbocycles. The van der Waals surface area contributed by atoms with E-state index in [1.165, 1.54) is 11.1 Å². The first kappa shape index (κ1) is 13.2. The molecule has 0 N–H and O–H groups in total. The predicted molar refractivity (Wildman–Crippen MR) is 85.1 cm³/mol. The Balaban J connectivity index is 1.87. The molecule has 2 aromatic rings. The molecule has 21 heavy (non-hydrogen) atoms. The molecule has 2 aliphatic heterocycles. The number of para-hydroxylation sites is 1. The molecule has 0 amide bonds. The molecule has 0 aliphatic carbocycles. The summed E-state index contributed by atoms with van der Waals surface area (Å²) in [5.41, 5.74) is 2.26. The van der Waals surface area contributed by atoms with Gasteiger partial charge in [0.05, 0.1) is 0 Å². The molecule has 0 aromatic heterocycles. The number of fused-ring (bicyclic) bond motifs is 3. The summed E-state index contributed by atoms with van der Waals surface area (Å²) in [6.07, 6.45) is 0.989. The first-order chi connectivity index (χ1) is 10.2. The van der Waals surface area contributed by atoms with Crippen molar-refractivity contribution in [2.24, 2.45) is 0 Å². The van der Waals surface area contributed by atoms with Gasteiger partial charge in [-0.1, -0.05) is 41.9 Å². The van der Waals surface area contributed by atoms with Crippen LogP contribution in [0.5, 0.6) is 5.75 Å². The van der Waals surface area contributed by atoms with Crippen molar-refractivity contribution in [3.8, 4) is 5.75 Å². The normalized spacial score (nSPS) is 27.8. The lowest BCUT2D eigenvalue weighted by Gasteiger charge is -2.42. The van der Waals surface area contributed by atoms with E-state index in [1.807, 2.05) is 18.2 Å². The number of nitrogens with zero attached hydrogens (tertiary/aromatic N) is 1. The maximum atomic E-state index is 6.50. The van der Waals surface area contributed by atoms with Crippen LogP contribution in [0.2, 0.25) is 5.02 Å². The van der Waals surface area contributed by atoms with E-state index < -0.39 is 0 Å². The van der Waals surface area contributed by atoms with Crippen molar-refractivity contribution in [1.82, 2.24) is 4.90 Å². The van der Waals surface area contributed by atoms with Gasteiger partial charge in [0.2, 0.25) is 0 Å². The summed E-state index contributed by atoms with van der Waals surface area (Å²) in [5, 5.41) is 0.777. The maximum absolute atomic E-state index is 6.50. The Bertz CT molecular complexity index is 686. The predicted octanol–water partition coefficient (Wildman–Crippen LogP) is 4.05. The van der Waals surface area contributed by atoms with E-state index in [0.29, 0.717) is 5.92 Å². The van der Waals surface area contributed by atoms with E-state index >= 15 is 0 Å². The summed E-state index contributed by atoms with van der Waals surface area (Å²) in [7, 11) is 2.18. The van der Waals surface area contributed by atoms with Gasteiger partial charge < -0.3 is 9.64 Å². The van der Waals surface area contributed by atoms with Crippen LogP contribution in [-0.4, -0.2) is 25.0 Å². The minimum atomic E-state index is -0.263. The van der Waals surface area contributed by atoms with Crippen molar-refractivity contribution < 1.29 is 4.74 Å². The van der Waals surface area contributed by atoms with E-state index in [4.69, 9.17) is 16.3 Å². The Morgan fingerprint density at radius 3 is 2.90 bits per heavy atom. The van der Waals surface area contributed by atoms with Crippen molar-refractivity contribution in [3.63, 3.8) is 0 Å². The summed E-state index contributed by atoms with van der Waals surface area (Å²) in [5.74, 6) is 1.39. The van der Waals surface area contributed by atoms with Gasteiger partial charge in [-0.2, -0.15) is 0 Å². The fourth-order valence-corrected chi connectivity index (χ4v) is 3.96. The van der Waals surface area contributed by atoms with Crippen molar-refractivity contribution in [1.29, 1.82) is 0 Å². The van der Waals surface area contributed by atoms with Crippen molar-refractivity contribution in [3.05, 3.63) is 64.7 Å². The second kappa shape index (κ2) is 4.75. The number of halogens is 1. The van der Waals surface area contributed by atoms with Crippen LogP contribution in [-0.2, 0) is 5.60 Å². The van der Waals surface area contributed by atoms with Crippen LogP contribution < -0.4 is 4.74 Å². The van der Waals surface area contributed by atoms with Gasteiger partial charge in [-0.05, 0) is 30.8 Å². The molecule has 0 bridgehead atoms. The molecule has 2 atom stereocenters. The van der Waals surface area contributed by atoms with E-state index in [2.05, 4.69) is 42.3 Å². The lowest BCUT2D eigenvalue weighted by Crippen LogP contribution is -2.47. The SMILES string of the molecule is CN1CC[C@@]2(c3cccc(Cl)c3)Oc3ccccc3[C@H]2C1. The third kappa shape index (κ3) is 1.97. The molecule has 108 valence electrons. The molecule has 0 unspecified atom stereocenters. The number of hydrogen-bond donors (Lipinski definition) is 0. The van der Waals surface area contributed by atoms with Gasteiger partial charge in [0.15, 0.2) is 0 Å². The van der Waals surface area contributed by atoms with Crippen LogP contribution in [0.25, 0.3) is 0 Å². The second-order valence-corrected chi connectivity index (χ2v) is 6.54. The van der Waals surface area contributed by atoms with E-state index in [0.717, 1.165) is 30.3 Å². The van der Waals surface area contributed by atoms with Crippen LogP contribution in [0.4, 0.5) is 0 Å². The first-order valence-corrected chi connectivity index (χ1v) is 7.79. The molecule has 2 heterocycles. The zero-order valence-corrected chi connectivity index (χ0v) is 12.8. The monoisotopic (exact) mass is 299 g/mol. The van der Waals surface area contributed by atoms with Crippen LogP contribution in [0.1, 0.15) is 23.5 Å². The number of likely N-dealkylation sites (tertiary alicyclic amines) is 1. The largest absolute Gasteiger partial charge is 0.482 e. The summed E-state index contributed by atoms with van der Waals surface area (Å²) >= 11 is 6.23. The van der Waals surface area contributed by atoms with Gasteiger partial charge in [0, 0.05) is 36.0 Å². The number of piperidine rings is 1. The Kier molecular flexibility index (Phi) is 2.98. The van der Waals surface area contributed by atoms with Gasteiger partial charge in [-0.15, -0.1) is 0 Å². The highest BCUT2D eigenvalue weighted by molar-refractivity contribution is 6.30. The molecular weight excluding hydrogens is 282 g/mol. The van der Waals surface area contributed by atoms with E-state index in [-0.39, 0.29) is 5.60 Å². The minimum absolute atomic E-state index is 0.263. The fraction of sp³-hybridized carbons (Fsp3) is 0.333. The summed E-state index contributed by atoms with van der Waals surface area (Å²) in [4.78, 5) is 2.39. The number of benzene rings is 2. The fourth-order valence-electron chi connectivity index (χ4n) is 3.77. The Morgan fingerprint density at radius 1 is 1.19 bits per heavy atom. The zero-order valence-electron chi connectivity index (χ0n) is 12.1. The van der Waals surface area contributed by atoms with E-state index in [1.54, 1.807) is 0 Å². The molecule has 2 aromatic carbocycles. The molecule has 1 saturated heterocycles. The van der Waals surface area contributed by atoms with Crippen LogP contribution in [0.15, 0.2) is 48.5 Å². The minimum Gasteiger partial charge on any atom is -0.482 e. The van der Waals surface area contributed by atoms with Crippen molar-refractivity contribution >= 4 is 11.6 Å². The zero-order chi connectivity index (χ0) is 14.4. The molecule has 4 rings (SSSR count). The summed E-state index contributed by atoms with van der Waals surface area (Å²) in [6.45, 7) is 2.06. The Morgan fingerprint density at radius 2 is 2.05 bits per heavy atom. The van der Waals surface area contributed by atoms with Crippen molar-refractivity contribution in [2.45, 2.75) is 17.9 Å². The van der Waals surface area contributed by atoms with Gasteiger partial charge >= 0.3 is 0 Å². The quantitative estimate of drug-likeness (QED) is 0.788. The molecule has 1 fully saturated rings. The lowest BCUT2D eigenvalue weighted by molar-refractivity contribution is 0.00703. The van der Waals surface area contributed by atoms with Gasteiger partial charge in [0.1, 0.15) is 11.4 Å². The molecule has 2 aliphatic rings. The van der Waals surface area contributed by atoms with Gasteiger partial charge in [0.25, 0.3) is 0 Å². The van der Waals surface area contributed by atoms with E-state index in [9.17, 15) is 0 Å². The molecule has 2 nitrogen and oxygen atoms in total. The second-order valence-electron chi connectivity index (χ2n) is 6.10. The highest BCUT2D eigenvalue weighted by atomic mass is 35.5. The van der Waals surface area contributed by atoms with Crippen LogP contribution in [0, 0.1) is 0 Å². The van der Waals surface area contributed by atoms with Crippen molar-refractivity contribution in [2.75, 3.05) is 20.1 Å². The van der Waals surface area contributed by atoms with Gasteiger partial charge in [-0.3, -0.25) is 0 Å². The maximum Gasteiger partial charge on any atom is 0.143 e. The standard InChI is InChI=1S/C18H18ClNO/c1-20-10-9-18(13-5-4-6-14(19)11-13)16(12-20)15-7-2-3-8-17(15)21-18/h2-8,11,16H,9-10,12H2,1H3/t16-,18+/m1/s1. The lowest BCUT2D eigenvalue weighted by atomic mass is 9.74. The van der Waals surface area contributed by atoms with Gasteiger partial charge in [-0.25, -0.2) is 0 Å². The first-order valence-electron chi connectivity index (χ1n) is 7.41. The molecule has 0 radical (unpaired) electrons. The average molecular weight is 300 g/mol. The summed E-state index contributed by atoms with van der Waals surface area (Å²) < 4.78 is 6.50.